The highest BCUT2D eigenvalue weighted by molar-refractivity contribution is 6.06. The van der Waals surface area contributed by atoms with Crippen molar-refractivity contribution >= 4 is 23.1 Å². The van der Waals surface area contributed by atoms with E-state index in [1.807, 2.05) is 24.3 Å². The lowest BCUT2D eigenvalue weighted by Crippen LogP contribution is -2.28. The first-order valence-corrected chi connectivity index (χ1v) is 7.86. The summed E-state index contributed by atoms with van der Waals surface area (Å²) in [5, 5.41) is 6.78. The highest BCUT2D eigenvalue weighted by atomic mass is 16.6. The monoisotopic (exact) mass is 338 g/mol. The number of amides is 1. The lowest BCUT2D eigenvalue weighted by atomic mass is 10.0. The van der Waals surface area contributed by atoms with E-state index in [4.69, 9.17) is 9.57 Å². The van der Waals surface area contributed by atoms with Gasteiger partial charge >= 0.3 is 0 Å². The number of ether oxygens (including phenoxy) is 1. The van der Waals surface area contributed by atoms with Crippen molar-refractivity contribution in [3.05, 3.63) is 59.7 Å². The van der Waals surface area contributed by atoms with Gasteiger partial charge in [-0.15, -0.1) is 0 Å². The molecule has 2 aromatic carbocycles. The summed E-state index contributed by atoms with van der Waals surface area (Å²) in [5.41, 5.74) is 2.64. The van der Waals surface area contributed by atoms with E-state index in [0.29, 0.717) is 29.1 Å². The van der Waals surface area contributed by atoms with Crippen molar-refractivity contribution in [2.75, 3.05) is 12.4 Å². The summed E-state index contributed by atoms with van der Waals surface area (Å²) in [5.74, 6) is 0.355. The van der Waals surface area contributed by atoms with Crippen molar-refractivity contribution in [1.82, 2.24) is 0 Å². The van der Waals surface area contributed by atoms with Crippen molar-refractivity contribution in [3.8, 4) is 5.75 Å². The molecule has 1 N–H and O–H groups in total. The van der Waals surface area contributed by atoms with Gasteiger partial charge in [-0.05, 0) is 31.2 Å². The molecule has 0 spiro atoms. The van der Waals surface area contributed by atoms with E-state index in [1.54, 1.807) is 31.4 Å². The van der Waals surface area contributed by atoms with Crippen molar-refractivity contribution in [3.63, 3.8) is 0 Å². The average Bonchev–Trinajstić information content (AvgIpc) is 3.12. The minimum Gasteiger partial charge on any atom is -0.497 e. The second-order valence-electron chi connectivity index (χ2n) is 5.69. The molecule has 0 radical (unpaired) electrons. The average molecular weight is 338 g/mol. The van der Waals surface area contributed by atoms with Crippen molar-refractivity contribution in [1.29, 1.82) is 0 Å². The number of carbonyl (C=O) groups excluding carboxylic acids is 2. The topological polar surface area (TPSA) is 77.0 Å². The molecule has 128 valence electrons. The first kappa shape index (κ1) is 16.7. The van der Waals surface area contributed by atoms with Crippen LogP contribution in [0.25, 0.3) is 0 Å². The third kappa shape index (κ3) is 3.85. The summed E-state index contributed by atoms with van der Waals surface area (Å²) in [4.78, 5) is 29.1. The smallest absolute Gasteiger partial charge is 0.268 e. The lowest BCUT2D eigenvalue weighted by Gasteiger charge is -2.10. The van der Waals surface area contributed by atoms with Crippen LogP contribution in [-0.2, 0) is 9.63 Å². The number of anilines is 1. The molecule has 6 nitrogen and oxygen atoms in total. The second-order valence-corrected chi connectivity index (χ2v) is 5.69. The second kappa shape index (κ2) is 7.17. The molecular formula is C19H18N2O4. The van der Waals surface area contributed by atoms with Crippen LogP contribution in [0.1, 0.15) is 29.3 Å². The normalized spacial score (nSPS) is 15.9. The summed E-state index contributed by atoms with van der Waals surface area (Å²) >= 11 is 0. The molecule has 0 saturated carbocycles. The lowest BCUT2D eigenvalue weighted by molar-refractivity contribution is -0.125. The Kier molecular flexibility index (Phi) is 4.79. The Balaban J connectivity index is 1.65. The fourth-order valence-electron chi connectivity index (χ4n) is 2.53. The first-order valence-electron chi connectivity index (χ1n) is 7.86. The molecule has 0 aliphatic carbocycles. The maximum atomic E-state index is 12.4. The molecular weight excluding hydrogens is 320 g/mol. The van der Waals surface area contributed by atoms with Gasteiger partial charge in [0.15, 0.2) is 5.78 Å². The van der Waals surface area contributed by atoms with Crippen LogP contribution in [0, 0.1) is 0 Å². The Labute approximate surface area is 145 Å². The first-order chi connectivity index (χ1) is 12.1. The van der Waals surface area contributed by atoms with Crippen molar-refractivity contribution < 1.29 is 19.2 Å². The third-order valence-electron chi connectivity index (χ3n) is 3.90. The van der Waals surface area contributed by atoms with Crippen LogP contribution in [0.5, 0.6) is 5.75 Å². The number of nitrogens with one attached hydrogen (secondary N) is 1. The molecule has 1 heterocycles. The van der Waals surface area contributed by atoms with E-state index in [1.165, 1.54) is 6.92 Å². The number of carbonyl (C=O) groups is 2. The maximum Gasteiger partial charge on any atom is 0.268 e. The largest absolute Gasteiger partial charge is 0.497 e. The van der Waals surface area contributed by atoms with E-state index in [0.717, 1.165) is 5.56 Å². The van der Waals surface area contributed by atoms with E-state index in [2.05, 4.69) is 10.5 Å². The van der Waals surface area contributed by atoms with E-state index >= 15 is 0 Å². The number of rotatable bonds is 5. The van der Waals surface area contributed by atoms with Gasteiger partial charge in [0.05, 0.1) is 12.8 Å². The highest BCUT2D eigenvalue weighted by Crippen LogP contribution is 2.21. The van der Waals surface area contributed by atoms with Crippen LogP contribution in [0.3, 0.4) is 0 Å². The fourth-order valence-corrected chi connectivity index (χ4v) is 2.53. The Morgan fingerprint density at radius 3 is 2.76 bits per heavy atom. The number of Topliss-reactive ketones (excluding diaryl/α,β-unsaturated/α-hetero) is 1. The molecule has 1 atom stereocenters. The van der Waals surface area contributed by atoms with Crippen LogP contribution >= 0.6 is 0 Å². The molecule has 0 unspecified atom stereocenters. The maximum absolute atomic E-state index is 12.4. The molecule has 6 heteroatoms. The standard InChI is InChI=1S/C19H18N2O4/c1-12(22)13-5-3-7-15(9-13)20-19(23)18-11-17(21-25-18)14-6-4-8-16(10-14)24-2/h3-10,18H,11H2,1-2H3,(H,20,23)/t18-/m1/s1. The Morgan fingerprint density at radius 1 is 1.20 bits per heavy atom. The quantitative estimate of drug-likeness (QED) is 0.850. The summed E-state index contributed by atoms with van der Waals surface area (Å²) in [6.45, 7) is 1.48. The highest BCUT2D eigenvalue weighted by Gasteiger charge is 2.29. The zero-order valence-electron chi connectivity index (χ0n) is 14.0. The van der Waals surface area contributed by atoms with Crippen LogP contribution < -0.4 is 10.1 Å². The van der Waals surface area contributed by atoms with E-state index < -0.39 is 6.10 Å². The number of hydrogen-bond acceptors (Lipinski definition) is 5. The third-order valence-corrected chi connectivity index (χ3v) is 3.90. The Hall–Kier alpha value is -3.15. The van der Waals surface area contributed by atoms with Crippen LogP contribution in [0.2, 0.25) is 0 Å². The molecule has 25 heavy (non-hydrogen) atoms. The zero-order valence-corrected chi connectivity index (χ0v) is 14.0. The van der Waals surface area contributed by atoms with Gasteiger partial charge in [0.1, 0.15) is 5.75 Å². The van der Waals surface area contributed by atoms with Crippen LogP contribution in [0.4, 0.5) is 5.69 Å². The van der Waals surface area contributed by atoms with E-state index in [9.17, 15) is 9.59 Å². The molecule has 2 aromatic rings. The van der Waals surface area contributed by atoms with Crippen molar-refractivity contribution in [2.24, 2.45) is 5.16 Å². The number of nitrogens with zero attached hydrogens (tertiary/aromatic N) is 1. The SMILES string of the molecule is COc1cccc(C2=NO[C@@H](C(=O)Nc3cccc(C(C)=O)c3)C2)c1. The molecule has 0 fully saturated rings. The molecule has 1 aliphatic rings. The Bertz CT molecular complexity index is 845. The van der Waals surface area contributed by atoms with Crippen LogP contribution in [-0.4, -0.2) is 30.6 Å². The zero-order chi connectivity index (χ0) is 17.8. The molecule has 1 amide bonds. The van der Waals surface area contributed by atoms with Gasteiger partial charge in [-0.2, -0.15) is 0 Å². The van der Waals surface area contributed by atoms with Gasteiger partial charge < -0.3 is 14.9 Å². The minimum absolute atomic E-state index is 0.0585. The molecule has 0 aromatic heterocycles. The minimum atomic E-state index is -0.706. The predicted octanol–water partition coefficient (Wildman–Crippen LogP) is 3.03. The van der Waals surface area contributed by atoms with Gasteiger partial charge in [-0.3, -0.25) is 9.59 Å². The summed E-state index contributed by atoms with van der Waals surface area (Å²) in [7, 11) is 1.59. The fraction of sp³-hybridized carbons (Fsp3) is 0.211. The number of hydrogen-bond donors (Lipinski definition) is 1. The Morgan fingerprint density at radius 2 is 2.00 bits per heavy atom. The van der Waals surface area contributed by atoms with Gasteiger partial charge in [-0.1, -0.05) is 29.4 Å². The summed E-state index contributed by atoms with van der Waals surface area (Å²) < 4.78 is 5.20. The van der Waals surface area contributed by atoms with Gasteiger partial charge in [-0.25, -0.2) is 0 Å². The molecule has 0 bridgehead atoms. The van der Waals surface area contributed by atoms with Crippen LogP contribution in [0.15, 0.2) is 53.7 Å². The van der Waals surface area contributed by atoms with Crippen molar-refractivity contribution in [2.45, 2.75) is 19.4 Å². The number of methoxy groups -OCH3 is 1. The molecule has 1 aliphatic heterocycles. The number of oxime groups is 1. The summed E-state index contributed by atoms with van der Waals surface area (Å²) in [6.07, 6.45) is -0.340. The van der Waals surface area contributed by atoms with Gasteiger partial charge in [0, 0.05) is 23.2 Å². The molecule has 0 saturated heterocycles. The molecule has 3 rings (SSSR count). The number of ketones is 1. The summed E-state index contributed by atoms with van der Waals surface area (Å²) in [6, 6.07) is 14.2. The number of benzene rings is 2. The van der Waals surface area contributed by atoms with Gasteiger partial charge in [0.25, 0.3) is 5.91 Å². The predicted molar refractivity (Wildman–Crippen MR) is 94.1 cm³/mol. The van der Waals surface area contributed by atoms with E-state index in [-0.39, 0.29) is 11.7 Å². The van der Waals surface area contributed by atoms with Gasteiger partial charge in [0.2, 0.25) is 6.10 Å².